The Kier molecular flexibility index (Phi) is 3.34. The number of fused-ring (bicyclic) bond motifs is 1. The van der Waals surface area contributed by atoms with Crippen LogP contribution in [-0.2, 0) is 0 Å². The van der Waals surface area contributed by atoms with Crippen LogP contribution in [0.15, 0.2) is 22.0 Å². The number of pyridine rings is 2. The lowest BCUT2D eigenvalue weighted by Crippen LogP contribution is -2.36. The number of piperidine rings is 1. The molecule has 1 aliphatic heterocycles. The summed E-state index contributed by atoms with van der Waals surface area (Å²) in [5.74, 6) is 0. The third-order valence-corrected chi connectivity index (χ3v) is 5.87. The van der Waals surface area contributed by atoms with Crippen molar-refractivity contribution in [1.82, 2.24) is 9.97 Å². The van der Waals surface area contributed by atoms with E-state index in [1.807, 2.05) is 18.4 Å². The second-order valence-corrected chi connectivity index (χ2v) is 7.35. The van der Waals surface area contributed by atoms with Crippen LogP contribution in [0, 0.1) is 16.7 Å². The van der Waals surface area contributed by atoms with Gasteiger partial charge < -0.3 is 9.88 Å². The van der Waals surface area contributed by atoms with Gasteiger partial charge in [-0.05, 0) is 49.5 Å². The highest BCUT2D eigenvalue weighted by atomic mass is 32.2. The summed E-state index contributed by atoms with van der Waals surface area (Å²) in [6.45, 7) is 1.80. The Morgan fingerprint density at radius 1 is 1.30 bits per heavy atom. The monoisotopic (exact) mass is 326 g/mol. The fourth-order valence-electron chi connectivity index (χ4n) is 3.54. The number of nitrogens with one attached hydrogen (secondary N) is 1. The summed E-state index contributed by atoms with van der Waals surface area (Å²) in [6, 6.07) is 5.87. The molecule has 1 saturated heterocycles. The number of hydrogen-bond acceptors (Lipinski definition) is 5. The molecule has 1 spiro atoms. The standard InChI is InChI=1S/C17H18N4OS/c1-23-13-3-2-12-14(20-13)15(11(10-18)16(22)19-12)21-8-6-17(4-5-17)7-9-21/h2-3H,4-9H2,1H3,(H,19,22). The van der Waals surface area contributed by atoms with E-state index >= 15 is 0 Å². The number of aromatic amines is 1. The number of aromatic nitrogens is 2. The summed E-state index contributed by atoms with van der Waals surface area (Å²) in [4.78, 5) is 21.9. The molecule has 2 aliphatic rings. The quantitative estimate of drug-likeness (QED) is 0.859. The van der Waals surface area contributed by atoms with Gasteiger partial charge in [-0.15, -0.1) is 11.8 Å². The zero-order valence-electron chi connectivity index (χ0n) is 13.1. The van der Waals surface area contributed by atoms with Crippen molar-refractivity contribution in [3.05, 3.63) is 28.0 Å². The largest absolute Gasteiger partial charge is 0.368 e. The first-order valence-corrected chi connectivity index (χ1v) is 9.14. The molecule has 1 N–H and O–H groups in total. The highest BCUT2D eigenvalue weighted by Crippen LogP contribution is 2.54. The van der Waals surface area contributed by atoms with Gasteiger partial charge in [0.1, 0.15) is 17.1 Å². The number of hydrogen-bond donors (Lipinski definition) is 1. The second kappa shape index (κ2) is 5.27. The molecule has 1 aliphatic carbocycles. The average molecular weight is 326 g/mol. The van der Waals surface area contributed by atoms with E-state index < -0.39 is 0 Å². The summed E-state index contributed by atoms with van der Waals surface area (Å²) in [7, 11) is 0. The van der Waals surface area contributed by atoms with Gasteiger partial charge in [0.25, 0.3) is 5.56 Å². The maximum atomic E-state index is 12.3. The lowest BCUT2D eigenvalue weighted by Gasteiger charge is -2.34. The molecular weight excluding hydrogens is 308 g/mol. The van der Waals surface area contributed by atoms with Gasteiger partial charge in [-0.1, -0.05) is 0 Å². The third-order valence-electron chi connectivity index (χ3n) is 5.22. The topological polar surface area (TPSA) is 72.8 Å². The Hall–Kier alpha value is -2.00. The lowest BCUT2D eigenvalue weighted by molar-refractivity contribution is 0.384. The van der Waals surface area contributed by atoms with Crippen molar-refractivity contribution in [2.45, 2.75) is 30.7 Å². The minimum atomic E-state index is -0.319. The molecule has 0 aromatic carbocycles. The van der Waals surface area contributed by atoms with Crippen LogP contribution >= 0.6 is 11.8 Å². The van der Waals surface area contributed by atoms with Crippen molar-refractivity contribution in [2.24, 2.45) is 5.41 Å². The fraction of sp³-hybridized carbons (Fsp3) is 0.471. The van der Waals surface area contributed by atoms with Gasteiger partial charge in [0.15, 0.2) is 0 Å². The van der Waals surface area contributed by atoms with E-state index in [4.69, 9.17) is 0 Å². The number of anilines is 1. The lowest BCUT2D eigenvalue weighted by atomic mass is 9.93. The van der Waals surface area contributed by atoms with Crippen LogP contribution in [0.3, 0.4) is 0 Å². The molecule has 2 fully saturated rings. The van der Waals surface area contributed by atoms with Crippen LogP contribution < -0.4 is 10.5 Å². The summed E-state index contributed by atoms with van der Waals surface area (Å²) in [6.07, 6.45) is 6.93. The number of H-pyrrole nitrogens is 1. The molecule has 0 atom stereocenters. The summed E-state index contributed by atoms with van der Waals surface area (Å²) >= 11 is 1.56. The van der Waals surface area contributed by atoms with E-state index in [1.54, 1.807) is 11.8 Å². The van der Waals surface area contributed by atoms with Gasteiger partial charge in [-0.25, -0.2) is 4.98 Å². The molecule has 2 aromatic rings. The van der Waals surface area contributed by atoms with Crippen molar-refractivity contribution < 1.29 is 0 Å². The Bertz CT molecular complexity index is 869. The highest BCUT2D eigenvalue weighted by molar-refractivity contribution is 7.98. The maximum absolute atomic E-state index is 12.3. The summed E-state index contributed by atoms with van der Waals surface area (Å²) < 4.78 is 0. The van der Waals surface area contributed by atoms with E-state index in [0.717, 1.165) is 42.2 Å². The third kappa shape index (κ3) is 2.40. The SMILES string of the molecule is CSc1ccc2[nH]c(=O)c(C#N)c(N3CCC4(CC3)CC4)c2n1. The molecule has 2 aromatic heterocycles. The van der Waals surface area contributed by atoms with E-state index in [-0.39, 0.29) is 11.1 Å². The Morgan fingerprint density at radius 3 is 2.65 bits per heavy atom. The first-order chi connectivity index (χ1) is 11.2. The summed E-state index contributed by atoms with van der Waals surface area (Å²) in [5.41, 5.74) is 2.58. The van der Waals surface area contributed by atoms with Crippen LogP contribution in [0.2, 0.25) is 0 Å². The van der Waals surface area contributed by atoms with Crippen LogP contribution in [0.4, 0.5) is 5.69 Å². The van der Waals surface area contributed by atoms with E-state index in [0.29, 0.717) is 10.9 Å². The highest BCUT2D eigenvalue weighted by Gasteiger charge is 2.44. The van der Waals surface area contributed by atoms with Gasteiger partial charge in [-0.3, -0.25) is 4.79 Å². The van der Waals surface area contributed by atoms with Crippen molar-refractivity contribution in [3.63, 3.8) is 0 Å². The predicted molar refractivity (Wildman–Crippen MR) is 92.0 cm³/mol. The molecule has 5 nitrogen and oxygen atoms in total. The van der Waals surface area contributed by atoms with Gasteiger partial charge in [0.2, 0.25) is 0 Å². The molecular formula is C17H18N4OS. The molecule has 0 amide bonds. The van der Waals surface area contributed by atoms with Gasteiger partial charge in [0, 0.05) is 13.1 Å². The minimum absolute atomic E-state index is 0.190. The Morgan fingerprint density at radius 2 is 2.04 bits per heavy atom. The van der Waals surface area contributed by atoms with Crippen LogP contribution in [0.5, 0.6) is 0 Å². The molecule has 6 heteroatoms. The maximum Gasteiger partial charge on any atom is 0.268 e. The molecule has 3 heterocycles. The van der Waals surface area contributed by atoms with Crippen molar-refractivity contribution >= 4 is 28.5 Å². The zero-order chi connectivity index (χ0) is 16.0. The van der Waals surface area contributed by atoms with Gasteiger partial charge >= 0.3 is 0 Å². The molecule has 1 saturated carbocycles. The number of nitrogens with zero attached hydrogens (tertiary/aromatic N) is 3. The predicted octanol–water partition coefficient (Wildman–Crippen LogP) is 2.90. The Balaban J connectivity index is 1.88. The molecule has 23 heavy (non-hydrogen) atoms. The zero-order valence-corrected chi connectivity index (χ0v) is 13.9. The number of rotatable bonds is 2. The van der Waals surface area contributed by atoms with Crippen LogP contribution in [0.1, 0.15) is 31.2 Å². The smallest absolute Gasteiger partial charge is 0.268 e. The molecule has 0 radical (unpaired) electrons. The first kappa shape index (κ1) is 14.6. The molecule has 4 rings (SSSR count). The van der Waals surface area contributed by atoms with E-state index in [1.165, 1.54) is 12.8 Å². The van der Waals surface area contributed by atoms with Crippen LogP contribution in [-0.4, -0.2) is 29.3 Å². The van der Waals surface area contributed by atoms with Crippen molar-refractivity contribution in [3.8, 4) is 6.07 Å². The van der Waals surface area contributed by atoms with Gasteiger partial charge in [0.05, 0.1) is 16.2 Å². The Labute approximate surface area is 138 Å². The fourth-order valence-corrected chi connectivity index (χ4v) is 3.93. The molecule has 0 unspecified atom stereocenters. The molecule has 0 bridgehead atoms. The molecule has 118 valence electrons. The number of nitriles is 1. The second-order valence-electron chi connectivity index (χ2n) is 6.53. The van der Waals surface area contributed by atoms with E-state index in [2.05, 4.69) is 20.9 Å². The van der Waals surface area contributed by atoms with Gasteiger partial charge in [-0.2, -0.15) is 5.26 Å². The van der Waals surface area contributed by atoms with Crippen LogP contribution in [0.25, 0.3) is 11.0 Å². The summed E-state index contributed by atoms with van der Waals surface area (Å²) in [5, 5.41) is 10.4. The van der Waals surface area contributed by atoms with Crippen molar-refractivity contribution in [1.29, 1.82) is 5.26 Å². The average Bonchev–Trinajstić information content (AvgIpc) is 3.33. The van der Waals surface area contributed by atoms with E-state index in [9.17, 15) is 10.1 Å². The number of thioether (sulfide) groups is 1. The first-order valence-electron chi connectivity index (χ1n) is 7.92. The normalized spacial score (nSPS) is 19.0. The van der Waals surface area contributed by atoms with Crippen molar-refractivity contribution in [2.75, 3.05) is 24.2 Å². The minimum Gasteiger partial charge on any atom is -0.368 e.